The van der Waals surface area contributed by atoms with Gasteiger partial charge in [0.25, 0.3) is 0 Å². The Labute approximate surface area is 73.9 Å². The Hall–Kier alpha value is -0.570. The predicted molar refractivity (Wildman–Crippen MR) is 48.7 cm³/mol. The number of nitrogens with two attached hydrogens (primary N) is 1. The normalized spacial score (nSPS) is 21.9. The zero-order valence-electron chi connectivity index (χ0n) is 7.97. The molecule has 1 rings (SSSR count). The first-order chi connectivity index (χ1) is 5.58. The molecule has 0 aromatic carbocycles. The van der Waals surface area contributed by atoms with E-state index in [-0.39, 0.29) is 11.4 Å². The summed E-state index contributed by atoms with van der Waals surface area (Å²) >= 11 is 0. The van der Waals surface area contributed by atoms with Crippen molar-refractivity contribution < 1.29 is 4.79 Å². The van der Waals surface area contributed by atoms with Crippen molar-refractivity contribution in [2.75, 3.05) is 13.1 Å². The molecule has 0 radical (unpaired) electrons. The second-order valence-electron chi connectivity index (χ2n) is 4.00. The summed E-state index contributed by atoms with van der Waals surface area (Å²) in [6.45, 7) is 5.73. The number of carbonyl (C=O) groups is 1. The Morgan fingerprint density at radius 2 is 2.25 bits per heavy atom. The average molecular weight is 170 g/mol. The monoisotopic (exact) mass is 170 g/mol. The molecule has 3 heteroatoms. The molecule has 3 nitrogen and oxygen atoms in total. The maximum atomic E-state index is 11.4. The number of rotatable bonds is 3. The summed E-state index contributed by atoms with van der Waals surface area (Å²) in [5.74, 6) is 0.286. The highest BCUT2D eigenvalue weighted by Crippen LogP contribution is 2.28. The molecule has 12 heavy (non-hydrogen) atoms. The fourth-order valence-corrected chi connectivity index (χ4v) is 1.70. The van der Waals surface area contributed by atoms with E-state index in [0.717, 1.165) is 19.4 Å². The second-order valence-corrected chi connectivity index (χ2v) is 4.00. The molecule has 0 aliphatic carbocycles. The highest BCUT2D eigenvalue weighted by atomic mass is 16.2. The molecule has 0 aromatic rings. The number of nitrogens with zero attached hydrogens (tertiary/aromatic N) is 1. The molecular weight excluding hydrogens is 152 g/mol. The number of carbonyl (C=O) groups excluding carboxylic acids is 1. The molecule has 1 aliphatic heterocycles. The zero-order chi connectivity index (χ0) is 9.19. The van der Waals surface area contributed by atoms with Gasteiger partial charge in [-0.1, -0.05) is 0 Å². The van der Waals surface area contributed by atoms with Crippen LogP contribution in [-0.2, 0) is 4.79 Å². The number of likely N-dealkylation sites (tertiary alicyclic amines) is 1. The summed E-state index contributed by atoms with van der Waals surface area (Å²) in [7, 11) is 0. The molecular formula is C9H18N2O. The molecule has 1 heterocycles. The van der Waals surface area contributed by atoms with Gasteiger partial charge in [0.15, 0.2) is 0 Å². The first-order valence-corrected chi connectivity index (χ1v) is 4.58. The lowest BCUT2D eigenvalue weighted by atomic mass is 10.0. The minimum Gasteiger partial charge on any atom is -0.338 e. The van der Waals surface area contributed by atoms with Gasteiger partial charge in [-0.2, -0.15) is 0 Å². The van der Waals surface area contributed by atoms with Crippen molar-refractivity contribution in [1.82, 2.24) is 4.90 Å². The van der Waals surface area contributed by atoms with Crippen LogP contribution in [0.1, 0.15) is 33.1 Å². The van der Waals surface area contributed by atoms with Crippen LogP contribution in [0.5, 0.6) is 0 Å². The third-order valence-corrected chi connectivity index (χ3v) is 2.57. The van der Waals surface area contributed by atoms with Gasteiger partial charge in [-0.15, -0.1) is 0 Å². The van der Waals surface area contributed by atoms with Crippen molar-refractivity contribution in [3.63, 3.8) is 0 Å². The number of amides is 1. The second kappa shape index (κ2) is 3.44. The van der Waals surface area contributed by atoms with Crippen LogP contribution in [0, 0.1) is 0 Å². The van der Waals surface area contributed by atoms with Crippen LogP contribution in [0.25, 0.3) is 0 Å². The Bertz CT molecular complexity index is 177. The van der Waals surface area contributed by atoms with Crippen molar-refractivity contribution in [2.45, 2.75) is 38.6 Å². The summed E-state index contributed by atoms with van der Waals surface area (Å²) < 4.78 is 0. The fraction of sp³-hybridized carbons (Fsp3) is 0.889. The summed E-state index contributed by atoms with van der Waals surface area (Å²) in [4.78, 5) is 13.3. The zero-order valence-corrected chi connectivity index (χ0v) is 7.97. The molecule has 1 fully saturated rings. The van der Waals surface area contributed by atoms with Crippen molar-refractivity contribution >= 4 is 5.91 Å². The van der Waals surface area contributed by atoms with Gasteiger partial charge < -0.3 is 10.6 Å². The van der Waals surface area contributed by atoms with Crippen molar-refractivity contribution in [3.05, 3.63) is 0 Å². The third kappa shape index (κ3) is 1.78. The predicted octanol–water partition coefficient (Wildman–Crippen LogP) is 0.736. The fourth-order valence-electron chi connectivity index (χ4n) is 1.70. The maximum absolute atomic E-state index is 11.4. The van der Waals surface area contributed by atoms with Crippen LogP contribution in [0.2, 0.25) is 0 Å². The highest BCUT2D eigenvalue weighted by Gasteiger charge is 2.36. The minimum absolute atomic E-state index is 0.0618. The molecule has 1 amide bonds. The Balaban J connectivity index is 2.53. The Morgan fingerprint density at radius 3 is 2.67 bits per heavy atom. The first kappa shape index (κ1) is 9.52. The number of hydrogen-bond donors (Lipinski definition) is 1. The van der Waals surface area contributed by atoms with E-state index in [1.165, 1.54) is 0 Å². The van der Waals surface area contributed by atoms with Crippen molar-refractivity contribution in [3.8, 4) is 0 Å². The van der Waals surface area contributed by atoms with Crippen LogP contribution < -0.4 is 5.73 Å². The lowest BCUT2D eigenvalue weighted by molar-refractivity contribution is -0.130. The molecule has 0 unspecified atom stereocenters. The van der Waals surface area contributed by atoms with E-state index in [9.17, 15) is 4.79 Å². The van der Waals surface area contributed by atoms with Gasteiger partial charge in [0, 0.05) is 18.5 Å². The lowest BCUT2D eigenvalue weighted by Gasteiger charge is -2.31. The molecule has 0 spiro atoms. The molecule has 1 aliphatic rings. The average Bonchev–Trinajstić information content (AvgIpc) is 2.24. The summed E-state index contributed by atoms with van der Waals surface area (Å²) in [6.07, 6.45) is 2.60. The highest BCUT2D eigenvalue weighted by molar-refractivity contribution is 5.79. The van der Waals surface area contributed by atoms with Crippen LogP contribution in [0.3, 0.4) is 0 Å². The van der Waals surface area contributed by atoms with Crippen LogP contribution >= 0.6 is 0 Å². The SMILES string of the molecule is CC1(C)CCC(=O)N1CCCN. The molecule has 1 saturated heterocycles. The van der Waals surface area contributed by atoms with E-state index in [2.05, 4.69) is 13.8 Å². The standard InChI is InChI=1S/C9H18N2O/c1-9(2)5-4-8(12)11(9)7-3-6-10/h3-7,10H2,1-2H3. The molecule has 0 atom stereocenters. The largest absolute Gasteiger partial charge is 0.338 e. The summed E-state index contributed by atoms with van der Waals surface area (Å²) in [5, 5.41) is 0. The quantitative estimate of drug-likeness (QED) is 0.679. The van der Waals surface area contributed by atoms with Crippen molar-refractivity contribution in [2.24, 2.45) is 5.73 Å². The minimum atomic E-state index is 0.0618. The van der Waals surface area contributed by atoms with Gasteiger partial charge in [0.2, 0.25) is 5.91 Å². The molecule has 0 saturated carbocycles. The molecule has 0 aromatic heterocycles. The smallest absolute Gasteiger partial charge is 0.223 e. The van der Waals surface area contributed by atoms with Gasteiger partial charge >= 0.3 is 0 Å². The number of hydrogen-bond acceptors (Lipinski definition) is 2. The van der Waals surface area contributed by atoms with Crippen molar-refractivity contribution in [1.29, 1.82) is 0 Å². The van der Waals surface area contributed by atoms with Gasteiger partial charge in [0.1, 0.15) is 0 Å². The van der Waals surface area contributed by atoms with E-state index >= 15 is 0 Å². The maximum Gasteiger partial charge on any atom is 0.223 e. The van der Waals surface area contributed by atoms with Gasteiger partial charge in [0.05, 0.1) is 0 Å². The van der Waals surface area contributed by atoms with E-state index < -0.39 is 0 Å². The van der Waals surface area contributed by atoms with E-state index in [0.29, 0.717) is 13.0 Å². The van der Waals surface area contributed by atoms with E-state index in [1.807, 2.05) is 4.90 Å². The van der Waals surface area contributed by atoms with Gasteiger partial charge in [-0.3, -0.25) is 4.79 Å². The lowest BCUT2D eigenvalue weighted by Crippen LogP contribution is -2.41. The van der Waals surface area contributed by atoms with Gasteiger partial charge in [-0.25, -0.2) is 0 Å². The van der Waals surface area contributed by atoms with Gasteiger partial charge in [-0.05, 0) is 33.2 Å². The third-order valence-electron chi connectivity index (χ3n) is 2.57. The Kier molecular flexibility index (Phi) is 2.73. The van der Waals surface area contributed by atoms with Crippen LogP contribution in [0.15, 0.2) is 0 Å². The van der Waals surface area contributed by atoms with Crippen LogP contribution in [-0.4, -0.2) is 29.4 Å². The summed E-state index contributed by atoms with van der Waals surface area (Å²) in [5.41, 5.74) is 5.46. The molecule has 2 N–H and O–H groups in total. The topological polar surface area (TPSA) is 46.3 Å². The summed E-state index contributed by atoms with van der Waals surface area (Å²) in [6, 6.07) is 0. The Morgan fingerprint density at radius 1 is 1.58 bits per heavy atom. The van der Waals surface area contributed by atoms with E-state index in [4.69, 9.17) is 5.73 Å². The van der Waals surface area contributed by atoms with Crippen LogP contribution in [0.4, 0.5) is 0 Å². The first-order valence-electron chi connectivity index (χ1n) is 4.58. The van der Waals surface area contributed by atoms with E-state index in [1.54, 1.807) is 0 Å². The molecule has 0 bridgehead atoms. The molecule has 70 valence electrons.